The van der Waals surface area contributed by atoms with Gasteiger partial charge >= 0.3 is 6.61 Å². The van der Waals surface area contributed by atoms with E-state index < -0.39 is 6.61 Å². The summed E-state index contributed by atoms with van der Waals surface area (Å²) in [5.41, 5.74) is 1.38. The molecule has 1 rings (SSSR count). The maximum Gasteiger partial charge on any atom is 0.387 e. The summed E-state index contributed by atoms with van der Waals surface area (Å²) < 4.78 is 29.2. The van der Waals surface area contributed by atoms with Gasteiger partial charge in [-0.3, -0.25) is 0 Å². The summed E-state index contributed by atoms with van der Waals surface area (Å²) >= 11 is 0. The molecule has 0 aliphatic heterocycles. The third kappa shape index (κ3) is 4.58. The second kappa shape index (κ2) is 7.28. The standard InChI is InChI=1S/C13H19F2NO2/c1-9-4-3-5-11(12(9)18-13(14)15)8-16-10(2)6-7-17/h3-5,10,13,16-17H,6-8H2,1-2H3. The van der Waals surface area contributed by atoms with Crippen molar-refractivity contribution in [2.24, 2.45) is 0 Å². The van der Waals surface area contributed by atoms with Gasteiger partial charge in [-0.05, 0) is 25.8 Å². The van der Waals surface area contributed by atoms with E-state index in [0.717, 1.165) is 0 Å². The van der Waals surface area contributed by atoms with Crippen molar-refractivity contribution in [1.29, 1.82) is 0 Å². The second-order valence-electron chi connectivity index (χ2n) is 4.24. The minimum absolute atomic E-state index is 0.0996. The molecule has 0 aromatic heterocycles. The van der Waals surface area contributed by atoms with Crippen LogP contribution in [0.3, 0.4) is 0 Å². The number of nitrogens with one attached hydrogen (secondary N) is 1. The molecular formula is C13H19F2NO2. The van der Waals surface area contributed by atoms with Gasteiger partial charge in [0.15, 0.2) is 0 Å². The molecule has 0 bridgehead atoms. The molecule has 1 atom stereocenters. The quantitative estimate of drug-likeness (QED) is 0.790. The van der Waals surface area contributed by atoms with Gasteiger partial charge in [-0.15, -0.1) is 0 Å². The maximum absolute atomic E-state index is 12.3. The normalized spacial score (nSPS) is 12.8. The Labute approximate surface area is 106 Å². The third-order valence-electron chi connectivity index (χ3n) is 2.70. The van der Waals surface area contributed by atoms with Crippen LogP contribution in [0.1, 0.15) is 24.5 Å². The number of ether oxygens (including phenoxy) is 1. The Morgan fingerprint density at radius 2 is 2.11 bits per heavy atom. The van der Waals surface area contributed by atoms with E-state index in [1.165, 1.54) is 0 Å². The lowest BCUT2D eigenvalue weighted by atomic mass is 10.1. The van der Waals surface area contributed by atoms with E-state index in [2.05, 4.69) is 10.1 Å². The van der Waals surface area contributed by atoms with Crippen LogP contribution in [0.5, 0.6) is 5.75 Å². The zero-order valence-corrected chi connectivity index (χ0v) is 10.6. The third-order valence-corrected chi connectivity index (χ3v) is 2.70. The van der Waals surface area contributed by atoms with Gasteiger partial charge in [0.25, 0.3) is 0 Å². The van der Waals surface area contributed by atoms with E-state index in [4.69, 9.17) is 5.11 Å². The van der Waals surface area contributed by atoms with Crippen LogP contribution in [-0.4, -0.2) is 24.4 Å². The van der Waals surface area contributed by atoms with Gasteiger partial charge < -0.3 is 15.2 Å². The molecule has 102 valence electrons. The molecule has 1 unspecified atom stereocenters. The van der Waals surface area contributed by atoms with Crippen molar-refractivity contribution in [1.82, 2.24) is 5.32 Å². The highest BCUT2D eigenvalue weighted by Crippen LogP contribution is 2.25. The summed E-state index contributed by atoms with van der Waals surface area (Å²) in [4.78, 5) is 0. The Kier molecular flexibility index (Phi) is 6.01. The largest absolute Gasteiger partial charge is 0.434 e. The van der Waals surface area contributed by atoms with Crippen LogP contribution in [0.25, 0.3) is 0 Å². The Bertz CT molecular complexity index is 372. The molecule has 18 heavy (non-hydrogen) atoms. The Balaban J connectivity index is 2.72. The number of para-hydroxylation sites is 1. The van der Waals surface area contributed by atoms with Crippen LogP contribution in [0.2, 0.25) is 0 Å². The van der Waals surface area contributed by atoms with Crippen molar-refractivity contribution < 1.29 is 18.6 Å². The van der Waals surface area contributed by atoms with E-state index in [-0.39, 0.29) is 18.4 Å². The number of aliphatic hydroxyl groups excluding tert-OH is 1. The highest BCUT2D eigenvalue weighted by molar-refractivity contribution is 5.40. The molecule has 5 heteroatoms. The van der Waals surface area contributed by atoms with Gasteiger partial charge in [-0.1, -0.05) is 18.2 Å². The fourth-order valence-electron chi connectivity index (χ4n) is 1.69. The van der Waals surface area contributed by atoms with Crippen molar-refractivity contribution in [2.45, 2.75) is 39.5 Å². The number of halogens is 2. The number of hydrogen-bond donors (Lipinski definition) is 2. The molecule has 0 spiro atoms. The maximum atomic E-state index is 12.3. The molecule has 0 fully saturated rings. The van der Waals surface area contributed by atoms with Crippen LogP contribution in [0.4, 0.5) is 8.78 Å². The SMILES string of the molecule is Cc1cccc(CNC(C)CCO)c1OC(F)F. The molecule has 0 radical (unpaired) electrons. The van der Waals surface area contributed by atoms with E-state index in [9.17, 15) is 8.78 Å². The van der Waals surface area contributed by atoms with Gasteiger partial charge in [0, 0.05) is 24.8 Å². The molecule has 0 aliphatic rings. The van der Waals surface area contributed by atoms with Crippen LogP contribution in [-0.2, 0) is 6.54 Å². The van der Waals surface area contributed by atoms with Crippen LogP contribution in [0.15, 0.2) is 18.2 Å². The molecule has 0 heterocycles. The van der Waals surface area contributed by atoms with Gasteiger partial charge in [0.05, 0.1) is 0 Å². The summed E-state index contributed by atoms with van der Waals surface area (Å²) in [6.45, 7) is 1.38. The monoisotopic (exact) mass is 259 g/mol. The highest BCUT2D eigenvalue weighted by Gasteiger charge is 2.12. The summed E-state index contributed by atoms with van der Waals surface area (Å²) in [6, 6.07) is 5.42. The van der Waals surface area contributed by atoms with E-state index >= 15 is 0 Å². The molecule has 2 N–H and O–H groups in total. The minimum Gasteiger partial charge on any atom is -0.434 e. The zero-order chi connectivity index (χ0) is 13.5. The van der Waals surface area contributed by atoms with E-state index in [0.29, 0.717) is 24.1 Å². The predicted molar refractivity (Wildman–Crippen MR) is 65.8 cm³/mol. The Morgan fingerprint density at radius 3 is 2.72 bits per heavy atom. The molecule has 1 aromatic carbocycles. The fourth-order valence-corrected chi connectivity index (χ4v) is 1.69. The van der Waals surface area contributed by atoms with Crippen LogP contribution < -0.4 is 10.1 Å². The lowest BCUT2D eigenvalue weighted by Crippen LogP contribution is -2.26. The van der Waals surface area contributed by atoms with E-state index in [1.54, 1.807) is 25.1 Å². The molecule has 0 saturated carbocycles. The summed E-state index contributed by atoms with van der Waals surface area (Å²) in [5.74, 6) is 0.233. The Morgan fingerprint density at radius 1 is 1.39 bits per heavy atom. The predicted octanol–water partition coefficient (Wildman–Crippen LogP) is 2.46. The highest BCUT2D eigenvalue weighted by atomic mass is 19.3. The molecule has 0 amide bonds. The summed E-state index contributed by atoms with van der Waals surface area (Å²) in [6.07, 6.45) is 0.622. The van der Waals surface area contributed by atoms with Gasteiger partial charge in [-0.25, -0.2) is 0 Å². The van der Waals surface area contributed by atoms with Crippen molar-refractivity contribution in [2.75, 3.05) is 6.61 Å². The summed E-state index contributed by atoms with van der Waals surface area (Å²) in [5, 5.41) is 11.9. The van der Waals surface area contributed by atoms with Gasteiger partial charge in [-0.2, -0.15) is 8.78 Å². The second-order valence-corrected chi connectivity index (χ2v) is 4.24. The average molecular weight is 259 g/mol. The minimum atomic E-state index is -2.82. The lowest BCUT2D eigenvalue weighted by molar-refractivity contribution is -0.0509. The first-order valence-corrected chi connectivity index (χ1v) is 5.92. The summed E-state index contributed by atoms with van der Waals surface area (Å²) in [7, 11) is 0. The molecular weight excluding hydrogens is 240 g/mol. The number of aliphatic hydroxyl groups is 1. The first kappa shape index (κ1) is 14.9. The number of alkyl halides is 2. The van der Waals surface area contributed by atoms with Crippen molar-refractivity contribution >= 4 is 0 Å². The van der Waals surface area contributed by atoms with Crippen molar-refractivity contribution in [3.05, 3.63) is 29.3 Å². The number of aryl methyl sites for hydroxylation is 1. The first-order valence-electron chi connectivity index (χ1n) is 5.92. The molecule has 3 nitrogen and oxygen atoms in total. The van der Waals surface area contributed by atoms with Crippen LogP contribution >= 0.6 is 0 Å². The smallest absolute Gasteiger partial charge is 0.387 e. The van der Waals surface area contributed by atoms with Gasteiger partial charge in [0.2, 0.25) is 0 Å². The van der Waals surface area contributed by atoms with Crippen LogP contribution in [0, 0.1) is 6.92 Å². The topological polar surface area (TPSA) is 41.5 Å². The molecule has 1 aromatic rings. The average Bonchev–Trinajstić information content (AvgIpc) is 2.30. The fraction of sp³-hybridized carbons (Fsp3) is 0.538. The molecule has 0 saturated heterocycles. The number of benzene rings is 1. The van der Waals surface area contributed by atoms with E-state index in [1.807, 2.05) is 6.92 Å². The zero-order valence-electron chi connectivity index (χ0n) is 10.6. The Hall–Kier alpha value is -1.20. The van der Waals surface area contributed by atoms with Crippen molar-refractivity contribution in [3.8, 4) is 5.75 Å². The lowest BCUT2D eigenvalue weighted by Gasteiger charge is -2.16. The van der Waals surface area contributed by atoms with Crippen molar-refractivity contribution in [3.63, 3.8) is 0 Å². The number of hydrogen-bond acceptors (Lipinski definition) is 3. The molecule has 0 aliphatic carbocycles. The van der Waals surface area contributed by atoms with Gasteiger partial charge in [0.1, 0.15) is 5.75 Å². The first-order chi connectivity index (χ1) is 8.54. The number of rotatable bonds is 7.